The van der Waals surface area contributed by atoms with Crippen LogP contribution in [0.3, 0.4) is 0 Å². The van der Waals surface area contributed by atoms with E-state index in [-0.39, 0.29) is 11.9 Å². The largest absolute Gasteiger partial charge is 0.493 e. The zero-order chi connectivity index (χ0) is 23.2. The monoisotopic (exact) mass is 470 g/mol. The Kier molecular flexibility index (Phi) is 7.49. The first-order chi connectivity index (χ1) is 16.1. The van der Waals surface area contributed by atoms with Crippen molar-refractivity contribution in [3.63, 3.8) is 0 Å². The molecule has 1 aromatic heterocycles. The number of aromatic amines is 1. The molecule has 2 N–H and O–H groups in total. The molecular formula is C24H27ClN4O4. The molecule has 0 unspecified atom stereocenters. The molecule has 0 saturated carbocycles. The van der Waals surface area contributed by atoms with Gasteiger partial charge in [0.1, 0.15) is 0 Å². The number of nitrogens with zero attached hydrogens (tertiary/aromatic N) is 2. The molecule has 1 atom stereocenters. The average molecular weight is 471 g/mol. The van der Waals surface area contributed by atoms with Crippen LogP contribution in [0.15, 0.2) is 48.7 Å². The van der Waals surface area contributed by atoms with E-state index in [1.54, 1.807) is 32.5 Å². The van der Waals surface area contributed by atoms with E-state index >= 15 is 0 Å². The fourth-order valence-electron chi connectivity index (χ4n) is 3.99. The number of nitrogens with one attached hydrogen (secondary N) is 2. The second kappa shape index (κ2) is 10.7. The summed E-state index contributed by atoms with van der Waals surface area (Å²) in [5.74, 6) is 1.11. The normalized spacial score (nSPS) is 15.1. The molecule has 2 heterocycles. The molecule has 1 saturated heterocycles. The number of methoxy groups -OCH3 is 2. The molecule has 9 heteroatoms. The fourth-order valence-corrected chi connectivity index (χ4v) is 4.11. The third kappa shape index (κ3) is 5.30. The number of ether oxygens (including phenoxy) is 3. The van der Waals surface area contributed by atoms with Crippen molar-refractivity contribution in [2.45, 2.75) is 6.04 Å². The number of halogens is 1. The van der Waals surface area contributed by atoms with E-state index in [1.807, 2.05) is 30.3 Å². The number of carbonyl (C=O) groups excluding carboxylic acids is 1. The van der Waals surface area contributed by atoms with E-state index in [4.69, 9.17) is 25.8 Å². The van der Waals surface area contributed by atoms with Crippen LogP contribution in [0.25, 0.3) is 11.3 Å². The van der Waals surface area contributed by atoms with Crippen LogP contribution in [0, 0.1) is 0 Å². The van der Waals surface area contributed by atoms with E-state index in [0.29, 0.717) is 47.5 Å². The highest BCUT2D eigenvalue weighted by molar-refractivity contribution is 6.30. The second-order valence-electron chi connectivity index (χ2n) is 7.65. The molecule has 1 amide bonds. The highest BCUT2D eigenvalue weighted by Crippen LogP contribution is 2.32. The maximum atomic E-state index is 13.1. The van der Waals surface area contributed by atoms with Crippen molar-refractivity contribution in [2.24, 2.45) is 0 Å². The lowest BCUT2D eigenvalue weighted by Gasteiger charge is -2.35. The van der Waals surface area contributed by atoms with Crippen LogP contribution in [0.2, 0.25) is 5.02 Å². The van der Waals surface area contributed by atoms with Crippen LogP contribution < -0.4 is 14.8 Å². The van der Waals surface area contributed by atoms with Gasteiger partial charge in [0.05, 0.1) is 50.9 Å². The Bertz CT molecular complexity index is 1080. The molecule has 0 radical (unpaired) electrons. The molecule has 0 aliphatic carbocycles. The smallest absolute Gasteiger partial charge is 0.255 e. The van der Waals surface area contributed by atoms with Gasteiger partial charge in [0.15, 0.2) is 11.5 Å². The van der Waals surface area contributed by atoms with Crippen molar-refractivity contribution in [1.82, 2.24) is 20.4 Å². The lowest BCUT2D eigenvalue weighted by Crippen LogP contribution is -2.43. The Hall–Kier alpha value is -3.07. The van der Waals surface area contributed by atoms with Crippen molar-refractivity contribution < 1.29 is 19.0 Å². The summed E-state index contributed by atoms with van der Waals surface area (Å²) in [7, 11) is 3.23. The summed E-state index contributed by atoms with van der Waals surface area (Å²) in [5.41, 5.74) is 3.00. The summed E-state index contributed by atoms with van der Waals surface area (Å²) in [4.78, 5) is 15.4. The molecule has 4 rings (SSSR count). The summed E-state index contributed by atoms with van der Waals surface area (Å²) in [6.07, 6.45) is 1.54. The molecule has 174 valence electrons. The van der Waals surface area contributed by atoms with Gasteiger partial charge in [-0.2, -0.15) is 5.10 Å². The lowest BCUT2D eigenvalue weighted by molar-refractivity contribution is 0.0162. The number of hydrogen-bond donors (Lipinski definition) is 2. The minimum atomic E-state index is -0.201. The zero-order valence-electron chi connectivity index (χ0n) is 18.6. The Morgan fingerprint density at radius 2 is 1.88 bits per heavy atom. The van der Waals surface area contributed by atoms with Crippen molar-refractivity contribution in [2.75, 3.05) is 47.1 Å². The second-order valence-corrected chi connectivity index (χ2v) is 8.09. The van der Waals surface area contributed by atoms with Gasteiger partial charge in [-0.05, 0) is 29.8 Å². The first kappa shape index (κ1) is 23.1. The molecule has 1 aliphatic rings. The highest BCUT2D eigenvalue weighted by atomic mass is 35.5. The van der Waals surface area contributed by atoms with Gasteiger partial charge in [-0.25, -0.2) is 0 Å². The van der Waals surface area contributed by atoms with E-state index < -0.39 is 0 Å². The predicted octanol–water partition coefficient (Wildman–Crippen LogP) is 3.55. The minimum absolute atomic E-state index is 0.0523. The van der Waals surface area contributed by atoms with E-state index in [0.717, 1.165) is 24.2 Å². The van der Waals surface area contributed by atoms with Crippen LogP contribution >= 0.6 is 11.6 Å². The lowest BCUT2D eigenvalue weighted by atomic mass is 10.0. The number of benzene rings is 2. The predicted molar refractivity (Wildman–Crippen MR) is 126 cm³/mol. The maximum absolute atomic E-state index is 13.1. The third-order valence-corrected chi connectivity index (χ3v) is 6.00. The summed E-state index contributed by atoms with van der Waals surface area (Å²) in [6.45, 7) is 3.27. The van der Waals surface area contributed by atoms with Crippen LogP contribution in [-0.4, -0.2) is 68.1 Å². The summed E-state index contributed by atoms with van der Waals surface area (Å²) >= 11 is 6.00. The van der Waals surface area contributed by atoms with E-state index in [9.17, 15) is 4.79 Å². The zero-order valence-corrected chi connectivity index (χ0v) is 19.4. The minimum Gasteiger partial charge on any atom is -0.493 e. The Morgan fingerprint density at radius 3 is 2.58 bits per heavy atom. The number of H-pyrrole nitrogens is 1. The molecular weight excluding hydrogens is 444 g/mol. The van der Waals surface area contributed by atoms with Gasteiger partial charge >= 0.3 is 0 Å². The molecule has 33 heavy (non-hydrogen) atoms. The number of morpholine rings is 1. The highest BCUT2D eigenvalue weighted by Gasteiger charge is 2.25. The fraction of sp³-hybridized carbons (Fsp3) is 0.333. The van der Waals surface area contributed by atoms with Crippen molar-refractivity contribution in [1.29, 1.82) is 0 Å². The van der Waals surface area contributed by atoms with Crippen LogP contribution in [0.5, 0.6) is 11.5 Å². The number of hydrogen-bond acceptors (Lipinski definition) is 6. The van der Waals surface area contributed by atoms with Crippen LogP contribution in [0.4, 0.5) is 0 Å². The number of carbonyl (C=O) groups is 1. The average Bonchev–Trinajstić information content (AvgIpc) is 3.35. The van der Waals surface area contributed by atoms with E-state index in [1.165, 1.54) is 0 Å². The van der Waals surface area contributed by atoms with Gasteiger partial charge in [-0.15, -0.1) is 0 Å². The molecule has 1 aliphatic heterocycles. The summed E-state index contributed by atoms with van der Waals surface area (Å²) < 4.78 is 16.4. The first-order valence-corrected chi connectivity index (χ1v) is 11.1. The topological polar surface area (TPSA) is 88.7 Å². The van der Waals surface area contributed by atoms with Gasteiger partial charge in [0.25, 0.3) is 5.91 Å². The summed E-state index contributed by atoms with van der Waals surface area (Å²) in [5, 5.41) is 10.7. The number of aromatic nitrogens is 2. The van der Waals surface area contributed by atoms with Crippen molar-refractivity contribution in [3.8, 4) is 22.8 Å². The Balaban J connectivity index is 1.55. The molecule has 8 nitrogen and oxygen atoms in total. The van der Waals surface area contributed by atoms with Crippen molar-refractivity contribution in [3.05, 3.63) is 64.8 Å². The standard InChI is InChI=1S/C24H27ClN4O4/c1-31-21-8-5-17(13-22(21)32-2)20(29-9-11-33-12-10-29)15-26-24(30)19-14-27-28-23(19)16-3-6-18(25)7-4-16/h3-8,13-14,20H,9-12,15H2,1-2H3,(H,26,30)(H,27,28)/t20-/m0/s1. The van der Waals surface area contributed by atoms with Gasteiger partial charge in [-0.1, -0.05) is 29.8 Å². The quantitative estimate of drug-likeness (QED) is 0.523. The Morgan fingerprint density at radius 1 is 1.15 bits per heavy atom. The van der Waals surface area contributed by atoms with Gasteiger partial charge in [-0.3, -0.25) is 14.8 Å². The third-order valence-electron chi connectivity index (χ3n) is 5.75. The first-order valence-electron chi connectivity index (χ1n) is 10.7. The maximum Gasteiger partial charge on any atom is 0.255 e. The molecule has 0 spiro atoms. The molecule has 3 aromatic rings. The van der Waals surface area contributed by atoms with Gasteiger partial charge in [0, 0.05) is 30.2 Å². The van der Waals surface area contributed by atoms with E-state index in [2.05, 4.69) is 20.4 Å². The molecule has 2 aromatic carbocycles. The van der Waals surface area contributed by atoms with Gasteiger partial charge in [0.2, 0.25) is 0 Å². The number of rotatable bonds is 8. The van der Waals surface area contributed by atoms with Crippen LogP contribution in [-0.2, 0) is 4.74 Å². The van der Waals surface area contributed by atoms with Gasteiger partial charge < -0.3 is 19.5 Å². The number of amides is 1. The SMILES string of the molecule is COc1ccc([C@H](CNC(=O)c2cn[nH]c2-c2ccc(Cl)cc2)N2CCOCC2)cc1OC. The molecule has 0 bridgehead atoms. The molecule has 1 fully saturated rings. The van der Waals surface area contributed by atoms with Crippen molar-refractivity contribution >= 4 is 17.5 Å². The Labute approximate surface area is 197 Å². The van der Waals surface area contributed by atoms with Crippen LogP contribution in [0.1, 0.15) is 22.0 Å². The summed E-state index contributed by atoms with van der Waals surface area (Å²) in [6, 6.07) is 13.1.